The number of hydrogen-bond acceptors (Lipinski definition) is 5. The molecule has 7 nitrogen and oxygen atoms in total. The summed E-state index contributed by atoms with van der Waals surface area (Å²) in [6, 6.07) is 11.0. The normalized spacial score (nSPS) is 10.3. The number of nitrogens with one attached hydrogen (secondary N) is 1. The van der Waals surface area contributed by atoms with Crippen LogP contribution in [0.5, 0.6) is 5.75 Å². The van der Waals surface area contributed by atoms with Gasteiger partial charge in [0.2, 0.25) is 0 Å². The molecule has 0 bridgehead atoms. The third-order valence-electron chi connectivity index (χ3n) is 3.21. The average molecular weight is 309 g/mol. The summed E-state index contributed by atoms with van der Waals surface area (Å²) in [4.78, 5) is 16.0. The maximum Gasteiger partial charge on any atom is 0.275 e. The first kappa shape index (κ1) is 14.7. The molecule has 0 aliphatic carbocycles. The molecule has 0 atom stereocenters. The predicted molar refractivity (Wildman–Crippen MR) is 84.0 cm³/mol. The molecule has 1 amide bonds. The number of nitrogens with zero attached hydrogens (tertiary/aromatic N) is 4. The van der Waals surface area contributed by atoms with Crippen LogP contribution in [0.4, 0.5) is 5.69 Å². The van der Waals surface area contributed by atoms with Crippen LogP contribution in [0.15, 0.2) is 55.0 Å². The zero-order valence-corrected chi connectivity index (χ0v) is 12.5. The largest absolute Gasteiger partial charge is 0.489 e. The number of anilines is 1. The predicted octanol–water partition coefficient (Wildman–Crippen LogP) is 2.04. The molecule has 2 aromatic heterocycles. The Hall–Kier alpha value is -3.22. The van der Waals surface area contributed by atoms with Crippen LogP contribution in [0.3, 0.4) is 0 Å². The van der Waals surface area contributed by atoms with E-state index in [2.05, 4.69) is 20.6 Å². The zero-order valence-electron chi connectivity index (χ0n) is 12.5. The van der Waals surface area contributed by atoms with Gasteiger partial charge in [0.25, 0.3) is 5.91 Å². The summed E-state index contributed by atoms with van der Waals surface area (Å²) in [6.07, 6.45) is 4.87. The highest BCUT2D eigenvalue weighted by Gasteiger charge is 2.10. The van der Waals surface area contributed by atoms with Gasteiger partial charge in [0, 0.05) is 25.1 Å². The first-order valence-corrected chi connectivity index (χ1v) is 7.00. The van der Waals surface area contributed by atoms with Crippen molar-refractivity contribution in [3.63, 3.8) is 0 Å². The minimum absolute atomic E-state index is 0.261. The Bertz CT molecular complexity index is 784. The quantitative estimate of drug-likeness (QED) is 0.780. The van der Waals surface area contributed by atoms with Crippen molar-refractivity contribution in [2.75, 3.05) is 5.32 Å². The summed E-state index contributed by atoms with van der Waals surface area (Å²) in [6.45, 7) is 0.467. The first-order chi connectivity index (χ1) is 11.2. The van der Waals surface area contributed by atoms with Crippen LogP contribution in [-0.2, 0) is 13.7 Å². The first-order valence-electron chi connectivity index (χ1n) is 7.00. The number of carbonyl (C=O) groups excluding carboxylic acids is 1. The summed E-state index contributed by atoms with van der Waals surface area (Å²) in [5.41, 5.74) is 2.11. The van der Waals surface area contributed by atoms with Gasteiger partial charge in [0.05, 0.1) is 6.20 Å². The Morgan fingerprint density at radius 3 is 2.57 bits per heavy atom. The maximum absolute atomic E-state index is 12.0. The van der Waals surface area contributed by atoms with Gasteiger partial charge >= 0.3 is 0 Å². The van der Waals surface area contributed by atoms with Crippen LogP contribution >= 0.6 is 0 Å². The summed E-state index contributed by atoms with van der Waals surface area (Å²) in [5, 5.41) is 10.2. The highest BCUT2D eigenvalue weighted by atomic mass is 16.5. The molecule has 3 rings (SSSR count). The second kappa shape index (κ2) is 6.69. The van der Waals surface area contributed by atoms with E-state index in [-0.39, 0.29) is 5.91 Å². The molecule has 0 radical (unpaired) electrons. The van der Waals surface area contributed by atoms with E-state index < -0.39 is 0 Å². The van der Waals surface area contributed by atoms with Gasteiger partial charge in [-0.25, -0.2) is 4.68 Å². The molecule has 0 fully saturated rings. The molecular formula is C16H15N5O2. The molecule has 7 heteroatoms. The van der Waals surface area contributed by atoms with Crippen molar-refractivity contribution in [1.29, 1.82) is 0 Å². The van der Waals surface area contributed by atoms with Crippen LogP contribution < -0.4 is 10.1 Å². The Morgan fingerprint density at radius 2 is 1.91 bits per heavy atom. The number of aromatic nitrogens is 4. The standard InChI is InChI=1S/C16H15N5O2/c1-21-15(10-18-20-21)16(22)19-13-2-4-14(5-3-13)23-11-12-6-8-17-9-7-12/h2-10H,11H2,1H3,(H,19,22). The van der Waals surface area contributed by atoms with E-state index in [1.807, 2.05) is 12.1 Å². The topological polar surface area (TPSA) is 81.9 Å². The number of carbonyl (C=O) groups is 1. The van der Waals surface area contributed by atoms with Crippen molar-refractivity contribution < 1.29 is 9.53 Å². The molecule has 23 heavy (non-hydrogen) atoms. The Kier molecular flexibility index (Phi) is 4.28. The fourth-order valence-corrected chi connectivity index (χ4v) is 1.97. The van der Waals surface area contributed by atoms with E-state index in [1.165, 1.54) is 10.9 Å². The van der Waals surface area contributed by atoms with Crippen LogP contribution in [0.2, 0.25) is 0 Å². The molecule has 3 aromatic rings. The minimum Gasteiger partial charge on any atom is -0.489 e. The van der Waals surface area contributed by atoms with Crippen LogP contribution in [0, 0.1) is 0 Å². The van der Waals surface area contributed by atoms with E-state index in [0.717, 1.165) is 11.3 Å². The number of rotatable bonds is 5. The van der Waals surface area contributed by atoms with Gasteiger partial charge < -0.3 is 10.1 Å². The molecule has 0 unspecified atom stereocenters. The van der Waals surface area contributed by atoms with Gasteiger partial charge in [-0.1, -0.05) is 5.21 Å². The highest BCUT2D eigenvalue weighted by Crippen LogP contribution is 2.17. The van der Waals surface area contributed by atoms with Crippen molar-refractivity contribution in [2.45, 2.75) is 6.61 Å². The van der Waals surface area contributed by atoms with E-state index in [4.69, 9.17) is 4.74 Å². The highest BCUT2D eigenvalue weighted by molar-refractivity contribution is 6.02. The van der Waals surface area contributed by atoms with Crippen molar-refractivity contribution in [3.05, 3.63) is 66.2 Å². The lowest BCUT2D eigenvalue weighted by atomic mass is 10.2. The molecule has 1 aromatic carbocycles. The fourth-order valence-electron chi connectivity index (χ4n) is 1.97. The Morgan fingerprint density at radius 1 is 1.17 bits per heavy atom. The van der Waals surface area contributed by atoms with Gasteiger partial charge in [0.1, 0.15) is 18.1 Å². The van der Waals surface area contributed by atoms with E-state index >= 15 is 0 Å². The lowest BCUT2D eigenvalue weighted by molar-refractivity contribution is 0.101. The van der Waals surface area contributed by atoms with Crippen molar-refractivity contribution >= 4 is 11.6 Å². The lowest BCUT2D eigenvalue weighted by Gasteiger charge is -2.08. The van der Waals surface area contributed by atoms with Crippen molar-refractivity contribution in [3.8, 4) is 5.75 Å². The van der Waals surface area contributed by atoms with Crippen LogP contribution in [0.1, 0.15) is 16.1 Å². The number of aryl methyl sites for hydroxylation is 1. The summed E-state index contributed by atoms with van der Waals surface area (Å²) < 4.78 is 7.10. The van der Waals surface area contributed by atoms with E-state index in [9.17, 15) is 4.79 Å². The van der Waals surface area contributed by atoms with Crippen LogP contribution in [-0.4, -0.2) is 25.9 Å². The Balaban J connectivity index is 1.59. The number of amides is 1. The van der Waals surface area contributed by atoms with Crippen LogP contribution in [0.25, 0.3) is 0 Å². The van der Waals surface area contributed by atoms with Gasteiger partial charge in [-0.15, -0.1) is 5.10 Å². The van der Waals surface area contributed by atoms with Gasteiger partial charge in [-0.2, -0.15) is 0 Å². The smallest absolute Gasteiger partial charge is 0.275 e. The SMILES string of the molecule is Cn1nncc1C(=O)Nc1ccc(OCc2ccncc2)cc1. The maximum atomic E-state index is 12.0. The van der Waals surface area contributed by atoms with Crippen molar-refractivity contribution in [1.82, 2.24) is 20.0 Å². The third-order valence-corrected chi connectivity index (χ3v) is 3.21. The number of pyridine rings is 1. The summed E-state index contributed by atoms with van der Waals surface area (Å²) >= 11 is 0. The molecule has 2 heterocycles. The fraction of sp³-hybridized carbons (Fsp3) is 0.125. The molecule has 0 aliphatic rings. The molecule has 0 aliphatic heterocycles. The van der Waals surface area contributed by atoms with E-state index in [0.29, 0.717) is 18.0 Å². The second-order valence-corrected chi connectivity index (χ2v) is 4.87. The number of ether oxygens (including phenoxy) is 1. The van der Waals surface area contributed by atoms with Gasteiger partial charge in [0.15, 0.2) is 0 Å². The third kappa shape index (κ3) is 3.70. The molecular weight excluding hydrogens is 294 g/mol. The average Bonchev–Trinajstić information content (AvgIpc) is 3.01. The molecule has 1 N–H and O–H groups in total. The molecule has 0 saturated heterocycles. The molecule has 116 valence electrons. The lowest BCUT2D eigenvalue weighted by Crippen LogP contribution is -2.15. The number of hydrogen-bond donors (Lipinski definition) is 1. The summed E-state index contributed by atoms with van der Waals surface area (Å²) in [7, 11) is 1.66. The Labute approximate surface area is 132 Å². The zero-order chi connectivity index (χ0) is 16.1. The monoisotopic (exact) mass is 309 g/mol. The van der Waals surface area contributed by atoms with Crippen molar-refractivity contribution in [2.24, 2.45) is 7.05 Å². The van der Waals surface area contributed by atoms with Gasteiger partial charge in [-0.05, 0) is 42.0 Å². The molecule has 0 spiro atoms. The van der Waals surface area contributed by atoms with Gasteiger partial charge in [-0.3, -0.25) is 9.78 Å². The second-order valence-electron chi connectivity index (χ2n) is 4.87. The molecule has 0 saturated carbocycles. The van der Waals surface area contributed by atoms with E-state index in [1.54, 1.807) is 43.7 Å². The summed E-state index contributed by atoms with van der Waals surface area (Å²) in [5.74, 6) is 0.463. The minimum atomic E-state index is -0.261. The number of benzene rings is 1.